The number of amides is 8. The second-order valence-corrected chi connectivity index (χ2v) is 18.9. The SMILES string of the molecule is CC(C)(C)OC(=O)Nc1cccn([C@@H](CC2CC2)C(=O)N[C@@H](C[C@@H]2CCNC2=O)C(=O)C(=O)NCc2ccc(OCCOCCOCCNc3cccc4c3C(=O)N(C3CCC(=O)NC3=O)C4=O)cc2)c1=O. The normalized spacial score (nSPS) is 18.4. The molecule has 1 saturated carbocycles. The summed E-state index contributed by atoms with van der Waals surface area (Å²) < 4.78 is 23.5. The first-order chi connectivity index (χ1) is 34.5. The van der Waals surface area contributed by atoms with Crippen molar-refractivity contribution in [1.29, 1.82) is 0 Å². The number of carbonyl (C=O) groups is 9. The highest BCUT2D eigenvalue weighted by Gasteiger charge is 2.46. The van der Waals surface area contributed by atoms with Crippen molar-refractivity contribution in [2.45, 2.75) is 96.0 Å². The standard InChI is InChI=1S/C50H60N8O14/c1-50(2,3)72-49(68)55-35-8-5-20-57(47(35)66)38(26-29-9-10-29)44(63)54-36(27-31-17-18-52-42(31)61)41(60)45(64)53-28-30-11-13-32(14-12-30)71-25-24-70-23-22-69-21-19-51-34-7-4-6-33-40(34)48(67)58(46(33)65)37-15-16-39(59)56-43(37)62/h4-8,11-14,20,29,31,36-38,51H,9-10,15-19,21-28H2,1-3H3,(H,52,61)(H,53,64)(H,54,63)(H,55,68)(H,56,59,62)/t31-,36-,37?,38-/m0/s1. The molecule has 2 aromatic carbocycles. The number of benzene rings is 2. The maximum Gasteiger partial charge on any atom is 0.412 e. The third kappa shape index (κ3) is 13.7. The highest BCUT2D eigenvalue weighted by molar-refractivity contribution is 6.38. The predicted molar refractivity (Wildman–Crippen MR) is 257 cm³/mol. The lowest BCUT2D eigenvalue weighted by atomic mass is 9.94. The molecule has 3 aliphatic heterocycles. The molecule has 8 amide bonds. The number of rotatable bonds is 24. The molecule has 1 unspecified atom stereocenters. The minimum Gasteiger partial charge on any atom is -0.491 e. The van der Waals surface area contributed by atoms with E-state index in [0.717, 1.165) is 17.7 Å². The van der Waals surface area contributed by atoms with Crippen LogP contribution in [0.15, 0.2) is 65.6 Å². The molecule has 0 spiro atoms. The van der Waals surface area contributed by atoms with E-state index in [1.807, 2.05) is 0 Å². The van der Waals surface area contributed by atoms with Crippen LogP contribution in [0.3, 0.4) is 0 Å². The molecule has 4 atom stereocenters. The Morgan fingerprint density at radius 3 is 2.21 bits per heavy atom. The Labute approximate surface area is 414 Å². The molecule has 4 aliphatic rings. The second-order valence-electron chi connectivity index (χ2n) is 18.9. The van der Waals surface area contributed by atoms with Crippen LogP contribution in [-0.4, -0.2) is 127 Å². The van der Waals surface area contributed by atoms with Crippen LogP contribution in [-0.2, 0) is 49.5 Å². The number of fused-ring (bicyclic) bond motifs is 1. The molecular formula is C50H60N8O14. The maximum absolute atomic E-state index is 14.1. The number of Topliss-reactive ketones (excluding diaryl/α,β-unsaturated/α-hetero) is 1. The quantitative estimate of drug-likeness (QED) is 0.0427. The molecule has 4 heterocycles. The first-order valence-corrected chi connectivity index (χ1v) is 24.0. The van der Waals surface area contributed by atoms with Crippen LogP contribution in [0.4, 0.5) is 16.2 Å². The molecule has 0 bridgehead atoms. The Morgan fingerprint density at radius 2 is 1.51 bits per heavy atom. The Balaban J connectivity index is 0.828. The monoisotopic (exact) mass is 996 g/mol. The van der Waals surface area contributed by atoms with Crippen molar-refractivity contribution in [2.75, 3.05) is 56.8 Å². The molecule has 7 rings (SSSR count). The van der Waals surface area contributed by atoms with Crippen molar-refractivity contribution in [3.8, 4) is 5.75 Å². The van der Waals surface area contributed by atoms with Gasteiger partial charge >= 0.3 is 6.09 Å². The van der Waals surface area contributed by atoms with Gasteiger partial charge in [-0.25, -0.2) is 4.79 Å². The molecule has 3 fully saturated rings. The second kappa shape index (κ2) is 23.6. The summed E-state index contributed by atoms with van der Waals surface area (Å²) in [6.07, 6.45) is 2.92. The van der Waals surface area contributed by atoms with Gasteiger partial charge in [0.2, 0.25) is 29.4 Å². The fourth-order valence-electron chi connectivity index (χ4n) is 8.53. The van der Waals surface area contributed by atoms with E-state index in [2.05, 4.69) is 31.9 Å². The molecule has 2 saturated heterocycles. The van der Waals surface area contributed by atoms with Gasteiger partial charge in [0.1, 0.15) is 35.7 Å². The van der Waals surface area contributed by atoms with Crippen molar-refractivity contribution < 1.29 is 62.1 Å². The molecule has 3 aromatic rings. The van der Waals surface area contributed by atoms with Crippen LogP contribution in [0.25, 0.3) is 0 Å². The van der Waals surface area contributed by atoms with Crippen LogP contribution in [0.5, 0.6) is 5.75 Å². The molecule has 0 radical (unpaired) electrons. The average Bonchev–Trinajstić information content (AvgIpc) is 4.02. The van der Waals surface area contributed by atoms with Gasteiger partial charge in [-0.1, -0.05) is 31.0 Å². The number of imide groups is 2. The molecular weight excluding hydrogens is 937 g/mol. The Hall–Kier alpha value is -7.46. The zero-order valence-corrected chi connectivity index (χ0v) is 40.4. The van der Waals surface area contributed by atoms with E-state index >= 15 is 0 Å². The van der Waals surface area contributed by atoms with Crippen LogP contribution < -0.4 is 42.2 Å². The largest absolute Gasteiger partial charge is 0.491 e. The Morgan fingerprint density at radius 1 is 0.792 bits per heavy atom. The number of anilines is 2. The summed E-state index contributed by atoms with van der Waals surface area (Å²) in [5, 5.41) is 15.8. The predicted octanol–water partition coefficient (Wildman–Crippen LogP) is 2.36. The van der Waals surface area contributed by atoms with Gasteiger partial charge in [0, 0.05) is 43.9 Å². The molecule has 1 aliphatic carbocycles. The average molecular weight is 997 g/mol. The topological polar surface area (TPSA) is 288 Å². The minimum absolute atomic E-state index is 0.0281. The Kier molecular flexibility index (Phi) is 17.2. The number of nitrogens with one attached hydrogen (secondary N) is 6. The van der Waals surface area contributed by atoms with E-state index in [1.54, 1.807) is 57.2 Å². The van der Waals surface area contributed by atoms with Crippen molar-refractivity contribution in [1.82, 2.24) is 30.7 Å². The van der Waals surface area contributed by atoms with Gasteiger partial charge in [0.25, 0.3) is 23.3 Å². The summed E-state index contributed by atoms with van der Waals surface area (Å²) in [7, 11) is 0. The summed E-state index contributed by atoms with van der Waals surface area (Å²) in [6, 6.07) is 11.0. The highest BCUT2D eigenvalue weighted by Crippen LogP contribution is 2.37. The van der Waals surface area contributed by atoms with Crippen molar-refractivity contribution in [3.63, 3.8) is 0 Å². The van der Waals surface area contributed by atoms with Gasteiger partial charge in [-0.05, 0) is 94.3 Å². The number of hydrogen-bond donors (Lipinski definition) is 6. The van der Waals surface area contributed by atoms with Crippen molar-refractivity contribution >= 4 is 64.6 Å². The lowest BCUT2D eigenvalue weighted by Gasteiger charge is -2.27. The number of carbonyl (C=O) groups excluding carboxylic acids is 9. The zero-order chi connectivity index (χ0) is 51.5. The lowest BCUT2D eigenvalue weighted by Crippen LogP contribution is -2.54. The molecule has 6 N–H and O–H groups in total. The third-order valence-electron chi connectivity index (χ3n) is 12.3. The van der Waals surface area contributed by atoms with Gasteiger partial charge < -0.3 is 44.8 Å². The summed E-state index contributed by atoms with van der Waals surface area (Å²) >= 11 is 0. The maximum atomic E-state index is 14.1. The van der Waals surface area contributed by atoms with E-state index in [-0.39, 0.29) is 93.9 Å². The minimum atomic E-state index is -1.38. The first kappa shape index (κ1) is 52.4. The van der Waals surface area contributed by atoms with E-state index in [0.29, 0.717) is 36.5 Å². The molecule has 384 valence electrons. The van der Waals surface area contributed by atoms with E-state index in [9.17, 15) is 47.9 Å². The number of nitrogens with zero attached hydrogens (tertiary/aromatic N) is 2. The van der Waals surface area contributed by atoms with E-state index < -0.39 is 82.5 Å². The number of hydrogen-bond acceptors (Lipinski definition) is 15. The van der Waals surface area contributed by atoms with Gasteiger partial charge in [-0.15, -0.1) is 0 Å². The number of ether oxygens (including phenoxy) is 4. The van der Waals surface area contributed by atoms with E-state index in [1.165, 1.54) is 29.0 Å². The highest BCUT2D eigenvalue weighted by atomic mass is 16.6. The molecule has 22 heteroatoms. The lowest BCUT2D eigenvalue weighted by molar-refractivity contribution is -0.141. The van der Waals surface area contributed by atoms with Crippen LogP contribution in [0.2, 0.25) is 0 Å². The number of ketones is 1. The van der Waals surface area contributed by atoms with Gasteiger partial charge in [0.05, 0.1) is 43.6 Å². The van der Waals surface area contributed by atoms with Gasteiger partial charge in [-0.2, -0.15) is 0 Å². The number of aromatic nitrogens is 1. The molecule has 22 nitrogen and oxygen atoms in total. The first-order valence-electron chi connectivity index (χ1n) is 24.0. The summed E-state index contributed by atoms with van der Waals surface area (Å²) in [5.74, 6) is -5.16. The summed E-state index contributed by atoms with van der Waals surface area (Å²) in [4.78, 5) is 131. The van der Waals surface area contributed by atoms with E-state index in [4.69, 9.17) is 18.9 Å². The third-order valence-corrected chi connectivity index (χ3v) is 12.3. The van der Waals surface area contributed by atoms with Crippen molar-refractivity contribution in [2.24, 2.45) is 11.8 Å². The van der Waals surface area contributed by atoms with Crippen LogP contribution in [0, 0.1) is 11.8 Å². The fourth-order valence-corrected chi connectivity index (χ4v) is 8.53. The number of pyridine rings is 1. The van der Waals surface area contributed by atoms with Gasteiger partial charge in [0.15, 0.2) is 0 Å². The smallest absolute Gasteiger partial charge is 0.412 e. The van der Waals surface area contributed by atoms with Crippen LogP contribution >= 0.6 is 0 Å². The molecule has 1 aromatic heterocycles. The summed E-state index contributed by atoms with van der Waals surface area (Å²) in [5.41, 5.74) is -0.169. The molecule has 72 heavy (non-hydrogen) atoms. The van der Waals surface area contributed by atoms with Gasteiger partial charge in [-0.3, -0.25) is 58.7 Å². The fraction of sp³-hybridized carbons (Fsp3) is 0.480. The van der Waals surface area contributed by atoms with Crippen molar-refractivity contribution in [3.05, 3.63) is 87.8 Å². The van der Waals surface area contributed by atoms with Crippen LogP contribution in [0.1, 0.15) is 98.0 Å². The Bertz CT molecular complexity index is 2620. The zero-order valence-electron chi connectivity index (χ0n) is 40.4. The summed E-state index contributed by atoms with van der Waals surface area (Å²) in [6.45, 7) is 7.01. The number of piperidine rings is 1.